The van der Waals surface area contributed by atoms with Crippen molar-refractivity contribution in [2.45, 2.75) is 17.4 Å². The number of hydrogen-bond donors (Lipinski definition) is 1. The Hall–Kier alpha value is -1.51. The van der Waals surface area contributed by atoms with Crippen molar-refractivity contribution >= 4 is 11.8 Å². The van der Waals surface area contributed by atoms with Crippen molar-refractivity contribution in [3.05, 3.63) is 76.7 Å². The van der Waals surface area contributed by atoms with E-state index in [1.54, 1.807) is 11.8 Å². The molecular weight excluding hydrogens is 240 g/mol. The lowest BCUT2D eigenvalue weighted by molar-refractivity contribution is 0.130. The van der Waals surface area contributed by atoms with Crippen molar-refractivity contribution in [1.82, 2.24) is 0 Å². The average molecular weight is 254 g/mol. The first-order chi connectivity index (χ1) is 8.70. The second-order valence-electron chi connectivity index (χ2n) is 4.49. The predicted octanol–water partition coefficient (Wildman–Crippen LogP) is 3.93. The third-order valence-electron chi connectivity index (χ3n) is 3.19. The molecular formula is C16H14OS. The highest BCUT2D eigenvalue weighted by Gasteiger charge is 2.34. The van der Waals surface area contributed by atoms with E-state index < -0.39 is 5.60 Å². The van der Waals surface area contributed by atoms with Crippen molar-refractivity contribution in [2.24, 2.45) is 0 Å². The van der Waals surface area contributed by atoms with Crippen molar-refractivity contribution < 1.29 is 5.11 Å². The van der Waals surface area contributed by atoms with Crippen LogP contribution in [0.2, 0.25) is 0 Å². The van der Waals surface area contributed by atoms with Crippen LogP contribution in [-0.2, 0) is 5.60 Å². The Bertz CT molecular complexity index is 604. The maximum absolute atomic E-state index is 11.1. The molecule has 0 amide bonds. The summed E-state index contributed by atoms with van der Waals surface area (Å²) in [6.45, 7) is 2.04. The number of rotatable bonds is 1. The van der Waals surface area contributed by atoms with Crippen LogP contribution in [0.15, 0.2) is 70.5 Å². The van der Waals surface area contributed by atoms with Gasteiger partial charge in [0.05, 0.1) is 0 Å². The molecule has 2 aromatic carbocycles. The van der Waals surface area contributed by atoms with Gasteiger partial charge in [0, 0.05) is 10.5 Å². The van der Waals surface area contributed by atoms with Gasteiger partial charge in [0.25, 0.3) is 0 Å². The molecule has 1 nitrogen and oxygen atoms in total. The topological polar surface area (TPSA) is 20.2 Å². The highest BCUT2D eigenvalue weighted by atomic mass is 32.2. The van der Waals surface area contributed by atoms with Crippen molar-refractivity contribution in [1.29, 1.82) is 0 Å². The molecule has 0 radical (unpaired) electrons. The molecule has 0 bridgehead atoms. The van der Waals surface area contributed by atoms with E-state index in [1.807, 2.05) is 61.5 Å². The Morgan fingerprint density at radius 3 is 2.39 bits per heavy atom. The van der Waals surface area contributed by atoms with Crippen LogP contribution in [0.5, 0.6) is 0 Å². The number of hydrogen-bond acceptors (Lipinski definition) is 2. The van der Waals surface area contributed by atoms with Gasteiger partial charge in [0.15, 0.2) is 0 Å². The number of allylic oxidation sites excluding steroid dienone is 1. The highest BCUT2D eigenvalue weighted by molar-refractivity contribution is 8.03. The molecule has 3 rings (SSSR count). The Morgan fingerprint density at radius 2 is 1.61 bits per heavy atom. The second kappa shape index (κ2) is 4.30. The molecule has 1 atom stereocenters. The molecule has 1 aliphatic rings. The summed E-state index contributed by atoms with van der Waals surface area (Å²) in [5.41, 5.74) is 0.872. The molecule has 1 unspecified atom stereocenters. The first-order valence-electron chi connectivity index (χ1n) is 5.95. The lowest BCUT2D eigenvalue weighted by Crippen LogP contribution is -2.27. The van der Waals surface area contributed by atoms with E-state index in [4.69, 9.17) is 0 Å². The lowest BCUT2D eigenvalue weighted by Gasteiger charge is -2.32. The van der Waals surface area contributed by atoms with Gasteiger partial charge in [-0.1, -0.05) is 60.3 Å². The van der Waals surface area contributed by atoms with E-state index >= 15 is 0 Å². The summed E-state index contributed by atoms with van der Waals surface area (Å²) in [5.74, 6) is 0. The largest absolute Gasteiger partial charge is 0.377 e. The fraction of sp³-hybridized carbons (Fsp3) is 0.125. The van der Waals surface area contributed by atoms with Crippen LogP contribution in [0.4, 0.5) is 0 Å². The Balaban J connectivity index is 2.24. The molecule has 0 saturated carbocycles. The van der Waals surface area contributed by atoms with Gasteiger partial charge in [0.2, 0.25) is 0 Å². The second-order valence-corrected chi connectivity index (χ2v) is 5.77. The first kappa shape index (κ1) is 11.6. The molecule has 0 spiro atoms. The summed E-state index contributed by atoms with van der Waals surface area (Å²) in [5, 5.41) is 11.1. The van der Waals surface area contributed by atoms with Crippen LogP contribution in [-0.4, -0.2) is 5.11 Å². The number of aliphatic hydroxyl groups is 1. The summed E-state index contributed by atoms with van der Waals surface area (Å²) in [6, 6.07) is 17.9. The standard InChI is InChI=1S/C16H14OS/c1-12-11-16(17,13-7-3-2-4-8-13)14-9-5-6-10-15(14)18-12/h2-11,17H,1H3. The summed E-state index contributed by atoms with van der Waals surface area (Å²) < 4.78 is 0. The molecule has 1 N–H and O–H groups in total. The summed E-state index contributed by atoms with van der Waals surface area (Å²) in [7, 11) is 0. The molecule has 0 aromatic heterocycles. The molecule has 90 valence electrons. The van der Waals surface area contributed by atoms with E-state index in [1.165, 1.54) is 0 Å². The Morgan fingerprint density at radius 1 is 0.944 bits per heavy atom. The van der Waals surface area contributed by atoms with Gasteiger partial charge in [-0.25, -0.2) is 0 Å². The van der Waals surface area contributed by atoms with Crippen molar-refractivity contribution in [3.63, 3.8) is 0 Å². The fourth-order valence-corrected chi connectivity index (χ4v) is 3.43. The monoisotopic (exact) mass is 254 g/mol. The minimum absolute atomic E-state index is 0.914. The molecule has 18 heavy (non-hydrogen) atoms. The lowest BCUT2D eigenvalue weighted by atomic mass is 9.85. The van der Waals surface area contributed by atoms with E-state index in [0.717, 1.165) is 20.9 Å². The molecule has 0 aliphatic carbocycles. The van der Waals surface area contributed by atoms with E-state index in [9.17, 15) is 5.11 Å². The third kappa shape index (κ3) is 1.78. The zero-order chi connectivity index (χ0) is 12.6. The van der Waals surface area contributed by atoms with Gasteiger partial charge in [-0.2, -0.15) is 0 Å². The first-order valence-corrected chi connectivity index (χ1v) is 6.76. The average Bonchev–Trinajstić information content (AvgIpc) is 2.39. The Labute approximate surface area is 111 Å². The van der Waals surface area contributed by atoms with E-state index in [2.05, 4.69) is 6.07 Å². The zero-order valence-corrected chi connectivity index (χ0v) is 10.9. The molecule has 2 aromatic rings. The number of thioether (sulfide) groups is 1. The third-order valence-corrected chi connectivity index (χ3v) is 4.21. The number of fused-ring (bicyclic) bond motifs is 1. The van der Waals surface area contributed by atoms with Crippen LogP contribution in [0.25, 0.3) is 0 Å². The maximum atomic E-state index is 11.1. The van der Waals surface area contributed by atoms with Crippen molar-refractivity contribution in [3.8, 4) is 0 Å². The molecule has 0 fully saturated rings. The molecule has 1 aliphatic heterocycles. The van der Waals surface area contributed by atoms with Gasteiger partial charge in [0.1, 0.15) is 5.60 Å². The van der Waals surface area contributed by atoms with Gasteiger partial charge in [-0.3, -0.25) is 0 Å². The molecule has 1 heterocycles. The molecule has 2 heteroatoms. The van der Waals surface area contributed by atoms with Crippen LogP contribution in [0, 0.1) is 0 Å². The van der Waals surface area contributed by atoms with Crippen LogP contribution < -0.4 is 0 Å². The number of benzene rings is 2. The minimum atomic E-state index is -1.01. The van der Waals surface area contributed by atoms with Crippen LogP contribution >= 0.6 is 11.8 Å². The summed E-state index contributed by atoms with van der Waals surface area (Å²) in [6.07, 6.45) is 1.94. The SMILES string of the molecule is CC1=CC(O)(c2ccccc2)c2ccccc2S1. The van der Waals surface area contributed by atoms with E-state index in [-0.39, 0.29) is 0 Å². The fourth-order valence-electron chi connectivity index (χ4n) is 2.38. The highest BCUT2D eigenvalue weighted by Crippen LogP contribution is 2.45. The molecule has 0 saturated heterocycles. The van der Waals surface area contributed by atoms with Crippen molar-refractivity contribution in [2.75, 3.05) is 0 Å². The quantitative estimate of drug-likeness (QED) is 0.832. The smallest absolute Gasteiger partial charge is 0.135 e. The maximum Gasteiger partial charge on any atom is 0.135 e. The van der Waals surface area contributed by atoms with Gasteiger partial charge in [-0.15, -0.1) is 0 Å². The zero-order valence-electron chi connectivity index (χ0n) is 10.1. The van der Waals surface area contributed by atoms with Crippen LogP contribution in [0.3, 0.4) is 0 Å². The van der Waals surface area contributed by atoms with E-state index in [0.29, 0.717) is 0 Å². The minimum Gasteiger partial charge on any atom is -0.377 e. The predicted molar refractivity (Wildman–Crippen MR) is 75.5 cm³/mol. The Kier molecular flexibility index (Phi) is 2.77. The summed E-state index contributed by atoms with van der Waals surface area (Å²) >= 11 is 1.71. The van der Waals surface area contributed by atoms with Gasteiger partial charge < -0.3 is 5.11 Å². The normalized spacial score (nSPS) is 22.2. The van der Waals surface area contributed by atoms with Crippen LogP contribution in [0.1, 0.15) is 18.1 Å². The summed E-state index contributed by atoms with van der Waals surface area (Å²) in [4.78, 5) is 2.25. The van der Waals surface area contributed by atoms with Gasteiger partial charge in [-0.05, 0) is 29.5 Å². The van der Waals surface area contributed by atoms with Gasteiger partial charge >= 0.3 is 0 Å².